The predicted octanol–water partition coefficient (Wildman–Crippen LogP) is 1.86. The quantitative estimate of drug-likeness (QED) is 0.823. The fourth-order valence-electron chi connectivity index (χ4n) is 2.60. The Hall–Kier alpha value is -1.43. The molecule has 1 amide bonds. The van der Waals surface area contributed by atoms with Crippen molar-refractivity contribution < 1.29 is 9.21 Å². The first-order valence-corrected chi connectivity index (χ1v) is 6.79. The Morgan fingerprint density at radius 1 is 1.68 bits per heavy atom. The number of nitrogens with one attached hydrogen (secondary N) is 1. The smallest absolute Gasteiger partial charge is 0.233 e. The first-order valence-electron chi connectivity index (χ1n) is 6.38. The Balaban J connectivity index is 2.06. The van der Waals surface area contributed by atoms with E-state index in [1.165, 1.54) is 0 Å². The maximum Gasteiger partial charge on any atom is 0.233 e. The number of aromatic nitrogens is 1. The Bertz CT molecular complexity index is 506. The van der Waals surface area contributed by atoms with Gasteiger partial charge in [-0.15, -0.1) is 0 Å². The van der Waals surface area contributed by atoms with Crippen molar-refractivity contribution >= 4 is 23.1 Å². The van der Waals surface area contributed by atoms with E-state index in [1.807, 2.05) is 13.8 Å². The molecule has 0 radical (unpaired) electrons. The fourth-order valence-corrected chi connectivity index (χ4v) is 2.86. The van der Waals surface area contributed by atoms with Crippen LogP contribution in [-0.4, -0.2) is 15.9 Å². The van der Waals surface area contributed by atoms with E-state index in [4.69, 9.17) is 22.4 Å². The molecule has 1 atom stereocenters. The van der Waals surface area contributed by atoms with Crippen LogP contribution in [0.4, 0.5) is 0 Å². The number of amides is 1. The van der Waals surface area contributed by atoms with Crippen LogP contribution in [0.3, 0.4) is 0 Å². The molecule has 0 bridgehead atoms. The van der Waals surface area contributed by atoms with Crippen LogP contribution in [0.5, 0.6) is 0 Å². The largest absolute Gasteiger partial charge is 0.444 e. The third kappa shape index (κ3) is 2.49. The molecule has 1 heterocycles. The molecule has 1 fully saturated rings. The minimum absolute atomic E-state index is 0.124. The standard InChI is InChI=1S/C13H19N3O2S/c1-7-4-13(5-7,11(14)19)12(17)16-9(3)10-15-6-8(2)18-10/h6-7,9H,4-5H2,1-3H3,(H2,14,19)(H,16,17). The second-order valence-corrected chi connectivity index (χ2v) is 5.90. The average molecular weight is 281 g/mol. The molecule has 1 aliphatic rings. The van der Waals surface area contributed by atoms with Gasteiger partial charge in [0.1, 0.15) is 11.8 Å². The lowest BCUT2D eigenvalue weighted by atomic mass is 9.62. The highest BCUT2D eigenvalue weighted by molar-refractivity contribution is 7.80. The van der Waals surface area contributed by atoms with Gasteiger partial charge < -0.3 is 15.5 Å². The summed E-state index contributed by atoms with van der Waals surface area (Å²) in [6, 6.07) is -0.289. The van der Waals surface area contributed by atoms with Crippen LogP contribution in [0.25, 0.3) is 0 Å². The van der Waals surface area contributed by atoms with Crippen LogP contribution in [0.15, 0.2) is 10.6 Å². The van der Waals surface area contributed by atoms with Crippen molar-refractivity contribution in [3.05, 3.63) is 17.8 Å². The van der Waals surface area contributed by atoms with Crippen molar-refractivity contribution in [3.63, 3.8) is 0 Å². The summed E-state index contributed by atoms with van der Waals surface area (Å²) in [5, 5.41) is 2.89. The van der Waals surface area contributed by atoms with Crippen LogP contribution in [-0.2, 0) is 4.79 Å². The number of nitrogens with zero attached hydrogens (tertiary/aromatic N) is 1. The van der Waals surface area contributed by atoms with Crippen LogP contribution in [0.1, 0.15) is 44.4 Å². The Morgan fingerprint density at radius 2 is 2.32 bits per heavy atom. The van der Waals surface area contributed by atoms with E-state index in [0.717, 1.165) is 5.76 Å². The van der Waals surface area contributed by atoms with Gasteiger partial charge in [0.05, 0.1) is 16.6 Å². The van der Waals surface area contributed by atoms with E-state index in [2.05, 4.69) is 17.2 Å². The molecule has 1 saturated carbocycles. The van der Waals surface area contributed by atoms with Crippen LogP contribution in [0.2, 0.25) is 0 Å². The Labute approximate surface area is 117 Å². The van der Waals surface area contributed by atoms with Crippen LogP contribution >= 0.6 is 12.2 Å². The first kappa shape index (κ1) is 14.0. The summed E-state index contributed by atoms with van der Waals surface area (Å²) in [5.74, 6) is 1.57. The summed E-state index contributed by atoms with van der Waals surface area (Å²) in [7, 11) is 0. The fraction of sp³-hybridized carbons (Fsp3) is 0.615. The zero-order valence-electron chi connectivity index (χ0n) is 11.4. The highest BCUT2D eigenvalue weighted by Crippen LogP contribution is 2.46. The van der Waals surface area contributed by atoms with Gasteiger partial charge in [0.15, 0.2) is 0 Å². The summed E-state index contributed by atoms with van der Waals surface area (Å²) in [5.41, 5.74) is 5.06. The van der Waals surface area contributed by atoms with Crippen molar-refractivity contribution in [2.75, 3.05) is 0 Å². The number of oxazole rings is 1. The number of hydrogen-bond donors (Lipinski definition) is 2. The van der Waals surface area contributed by atoms with Gasteiger partial charge in [0.2, 0.25) is 11.8 Å². The molecule has 1 aromatic rings. The van der Waals surface area contributed by atoms with Crippen molar-refractivity contribution in [2.45, 2.75) is 39.7 Å². The van der Waals surface area contributed by atoms with E-state index in [0.29, 0.717) is 24.7 Å². The number of thiocarbonyl (C=S) groups is 1. The summed E-state index contributed by atoms with van der Waals surface area (Å²) in [6.45, 7) is 5.73. The molecule has 5 nitrogen and oxygen atoms in total. The van der Waals surface area contributed by atoms with Gasteiger partial charge in [-0.25, -0.2) is 4.98 Å². The number of aryl methyl sites for hydroxylation is 1. The van der Waals surface area contributed by atoms with Crippen molar-refractivity contribution in [1.29, 1.82) is 0 Å². The maximum absolute atomic E-state index is 12.4. The summed E-state index contributed by atoms with van der Waals surface area (Å²) in [6.07, 6.45) is 3.06. The lowest BCUT2D eigenvalue weighted by Gasteiger charge is -2.44. The van der Waals surface area contributed by atoms with Gasteiger partial charge in [-0.1, -0.05) is 19.1 Å². The van der Waals surface area contributed by atoms with E-state index < -0.39 is 5.41 Å². The molecule has 0 spiro atoms. The summed E-state index contributed by atoms with van der Waals surface area (Å²) in [4.78, 5) is 16.8. The number of carbonyl (C=O) groups is 1. The lowest BCUT2D eigenvalue weighted by Crippen LogP contribution is -2.56. The molecule has 3 N–H and O–H groups in total. The normalized spacial score (nSPS) is 27.4. The van der Waals surface area contributed by atoms with Gasteiger partial charge >= 0.3 is 0 Å². The Kier molecular flexibility index (Phi) is 3.62. The van der Waals surface area contributed by atoms with E-state index in [-0.39, 0.29) is 16.9 Å². The molecule has 0 aliphatic heterocycles. The van der Waals surface area contributed by atoms with E-state index in [9.17, 15) is 4.79 Å². The zero-order valence-corrected chi connectivity index (χ0v) is 12.2. The molecule has 1 unspecified atom stereocenters. The molecule has 2 rings (SSSR count). The third-order valence-electron chi connectivity index (χ3n) is 3.66. The third-order valence-corrected chi connectivity index (χ3v) is 4.05. The molecule has 1 aliphatic carbocycles. The second kappa shape index (κ2) is 4.92. The van der Waals surface area contributed by atoms with E-state index >= 15 is 0 Å². The van der Waals surface area contributed by atoms with E-state index in [1.54, 1.807) is 6.20 Å². The molecule has 6 heteroatoms. The first-order chi connectivity index (χ1) is 8.85. The molecule has 0 aromatic carbocycles. The molecular formula is C13H19N3O2S. The minimum Gasteiger partial charge on any atom is -0.444 e. The highest BCUT2D eigenvalue weighted by Gasteiger charge is 2.51. The number of nitrogens with two attached hydrogens (primary N) is 1. The molecular weight excluding hydrogens is 262 g/mol. The van der Waals surface area contributed by atoms with Gasteiger partial charge in [0, 0.05) is 0 Å². The van der Waals surface area contributed by atoms with Gasteiger partial charge in [-0.2, -0.15) is 0 Å². The molecule has 19 heavy (non-hydrogen) atoms. The minimum atomic E-state index is -0.690. The number of hydrogen-bond acceptors (Lipinski definition) is 4. The number of carbonyl (C=O) groups excluding carboxylic acids is 1. The average Bonchev–Trinajstić information content (AvgIpc) is 2.70. The summed E-state index contributed by atoms with van der Waals surface area (Å²) < 4.78 is 5.40. The summed E-state index contributed by atoms with van der Waals surface area (Å²) >= 11 is 5.06. The van der Waals surface area contributed by atoms with Gasteiger partial charge in [0.25, 0.3) is 0 Å². The lowest BCUT2D eigenvalue weighted by molar-refractivity contribution is -0.133. The topological polar surface area (TPSA) is 81.2 Å². The SMILES string of the molecule is Cc1cnc(C(C)NC(=O)C2(C(N)=S)CC(C)C2)o1. The highest BCUT2D eigenvalue weighted by atomic mass is 32.1. The molecule has 1 aromatic heterocycles. The molecule has 104 valence electrons. The maximum atomic E-state index is 12.4. The molecule has 0 saturated heterocycles. The predicted molar refractivity (Wildman–Crippen MR) is 75.4 cm³/mol. The monoisotopic (exact) mass is 281 g/mol. The van der Waals surface area contributed by atoms with Gasteiger partial charge in [-0.3, -0.25) is 4.79 Å². The van der Waals surface area contributed by atoms with Crippen molar-refractivity contribution in [1.82, 2.24) is 10.3 Å². The zero-order chi connectivity index (χ0) is 14.2. The van der Waals surface area contributed by atoms with Crippen LogP contribution in [0, 0.1) is 18.3 Å². The number of rotatable bonds is 4. The Morgan fingerprint density at radius 3 is 2.74 bits per heavy atom. The van der Waals surface area contributed by atoms with Crippen molar-refractivity contribution in [3.8, 4) is 0 Å². The van der Waals surface area contributed by atoms with Crippen molar-refractivity contribution in [2.24, 2.45) is 17.1 Å². The van der Waals surface area contributed by atoms with Gasteiger partial charge in [-0.05, 0) is 32.6 Å². The second-order valence-electron chi connectivity index (χ2n) is 5.46. The van der Waals surface area contributed by atoms with Crippen LogP contribution < -0.4 is 11.1 Å².